The monoisotopic (exact) mass is 358 g/mol. The fraction of sp³-hybridized carbons (Fsp3) is 0.238. The van der Waals surface area contributed by atoms with Crippen LogP contribution >= 0.6 is 0 Å². The van der Waals surface area contributed by atoms with Gasteiger partial charge in [0.25, 0.3) is 0 Å². The van der Waals surface area contributed by atoms with Gasteiger partial charge in [-0.1, -0.05) is 0 Å². The van der Waals surface area contributed by atoms with E-state index in [0.717, 1.165) is 28.7 Å². The van der Waals surface area contributed by atoms with E-state index >= 15 is 0 Å². The van der Waals surface area contributed by atoms with Crippen molar-refractivity contribution in [1.82, 2.24) is 15.0 Å². The Morgan fingerprint density at radius 3 is 2.81 bits per heavy atom. The molecule has 3 aromatic heterocycles. The maximum Gasteiger partial charge on any atom is 0.213 e. The number of fused-ring (bicyclic) bond motifs is 1. The molecule has 1 saturated carbocycles. The first-order chi connectivity index (χ1) is 13.1. The average Bonchev–Trinajstić information content (AvgIpc) is 3.44. The molecule has 1 N–H and O–H groups in total. The number of carbonyl (C=O) groups is 1. The van der Waals surface area contributed by atoms with E-state index in [1.165, 1.54) is 19.8 Å². The zero-order valence-electron chi connectivity index (χ0n) is 14.9. The Bertz CT molecular complexity index is 1070. The highest BCUT2D eigenvalue weighted by molar-refractivity contribution is 6.03. The van der Waals surface area contributed by atoms with Gasteiger partial charge in [0.15, 0.2) is 5.78 Å². The minimum absolute atomic E-state index is 0.111. The summed E-state index contributed by atoms with van der Waals surface area (Å²) in [6.45, 7) is 2.11. The van der Waals surface area contributed by atoms with Gasteiger partial charge in [-0.3, -0.25) is 4.79 Å². The van der Waals surface area contributed by atoms with Crippen LogP contribution in [0.3, 0.4) is 0 Å². The number of H-pyrrole nitrogens is 1. The molecule has 0 radical (unpaired) electrons. The predicted octanol–water partition coefficient (Wildman–Crippen LogP) is 3.91. The first kappa shape index (κ1) is 17.0. The van der Waals surface area contributed by atoms with E-state index < -0.39 is 0 Å². The third-order valence-corrected chi connectivity index (χ3v) is 4.60. The van der Waals surface area contributed by atoms with Crippen LogP contribution in [0.1, 0.15) is 25.3 Å². The summed E-state index contributed by atoms with van der Waals surface area (Å²) in [7, 11) is 0. The number of hydrogen-bond acceptors (Lipinski definition) is 5. The SMILES string of the molecule is CC(=O)/C(C#N)=C/c1c[nH]c2ncc(-c3ccc(OCC4CC4)nc3)cc12. The molecule has 1 fully saturated rings. The van der Waals surface area contributed by atoms with Crippen LogP contribution in [0, 0.1) is 17.2 Å². The third-order valence-electron chi connectivity index (χ3n) is 4.60. The molecule has 3 heterocycles. The number of ketones is 1. The number of pyridine rings is 2. The Morgan fingerprint density at radius 1 is 1.33 bits per heavy atom. The van der Waals surface area contributed by atoms with E-state index in [1.807, 2.05) is 24.3 Å². The van der Waals surface area contributed by atoms with E-state index in [9.17, 15) is 4.79 Å². The van der Waals surface area contributed by atoms with Gasteiger partial charge in [0, 0.05) is 46.7 Å². The Balaban J connectivity index is 1.63. The highest BCUT2D eigenvalue weighted by atomic mass is 16.5. The van der Waals surface area contributed by atoms with Gasteiger partial charge >= 0.3 is 0 Å². The van der Waals surface area contributed by atoms with Crippen molar-refractivity contribution in [1.29, 1.82) is 5.26 Å². The molecule has 6 heteroatoms. The van der Waals surface area contributed by atoms with Gasteiger partial charge in [0.1, 0.15) is 11.7 Å². The first-order valence-corrected chi connectivity index (χ1v) is 8.83. The van der Waals surface area contributed by atoms with Gasteiger partial charge in [-0.15, -0.1) is 0 Å². The second-order valence-corrected chi connectivity index (χ2v) is 6.73. The van der Waals surface area contributed by atoms with E-state index in [1.54, 1.807) is 24.7 Å². The number of carbonyl (C=O) groups excluding carboxylic acids is 1. The van der Waals surface area contributed by atoms with Crippen LogP contribution in [0.5, 0.6) is 5.88 Å². The molecule has 0 unspecified atom stereocenters. The molecule has 27 heavy (non-hydrogen) atoms. The van der Waals surface area contributed by atoms with Crippen molar-refractivity contribution < 1.29 is 9.53 Å². The van der Waals surface area contributed by atoms with Crippen LogP contribution in [0.4, 0.5) is 0 Å². The molecule has 0 amide bonds. The van der Waals surface area contributed by atoms with Crippen LogP contribution in [0.15, 0.2) is 42.4 Å². The van der Waals surface area contributed by atoms with Crippen molar-refractivity contribution in [2.75, 3.05) is 6.61 Å². The van der Waals surface area contributed by atoms with Gasteiger partial charge in [-0.25, -0.2) is 9.97 Å². The lowest BCUT2D eigenvalue weighted by atomic mass is 10.1. The number of ether oxygens (including phenoxy) is 1. The van der Waals surface area contributed by atoms with Gasteiger partial charge in [-0.2, -0.15) is 5.26 Å². The summed E-state index contributed by atoms with van der Waals surface area (Å²) in [5.74, 6) is 1.05. The fourth-order valence-corrected chi connectivity index (χ4v) is 2.79. The van der Waals surface area contributed by atoms with Gasteiger partial charge in [-0.05, 0) is 43.9 Å². The first-order valence-electron chi connectivity index (χ1n) is 8.83. The molecule has 1 aliphatic carbocycles. The summed E-state index contributed by atoms with van der Waals surface area (Å²) in [4.78, 5) is 23.4. The second kappa shape index (κ2) is 7.04. The molecule has 0 aromatic carbocycles. The summed E-state index contributed by atoms with van der Waals surface area (Å²) in [5, 5.41) is 9.97. The molecule has 134 valence electrons. The molecule has 6 nitrogen and oxygen atoms in total. The van der Waals surface area contributed by atoms with E-state index in [2.05, 4.69) is 15.0 Å². The number of aromatic nitrogens is 3. The van der Waals surface area contributed by atoms with Crippen molar-refractivity contribution in [2.24, 2.45) is 5.92 Å². The Labute approximate surface area is 156 Å². The van der Waals surface area contributed by atoms with E-state index in [4.69, 9.17) is 10.00 Å². The molecule has 0 bridgehead atoms. The topological polar surface area (TPSA) is 91.7 Å². The smallest absolute Gasteiger partial charge is 0.213 e. The number of nitrogens with one attached hydrogen (secondary N) is 1. The Kier molecular flexibility index (Phi) is 4.43. The molecular formula is C21H18N4O2. The predicted molar refractivity (Wildman–Crippen MR) is 102 cm³/mol. The van der Waals surface area contributed by atoms with E-state index in [-0.39, 0.29) is 11.4 Å². The van der Waals surface area contributed by atoms with Gasteiger partial charge in [0.2, 0.25) is 5.88 Å². The zero-order chi connectivity index (χ0) is 18.8. The summed E-state index contributed by atoms with van der Waals surface area (Å²) in [6, 6.07) is 7.73. The zero-order valence-corrected chi connectivity index (χ0v) is 14.9. The van der Waals surface area contributed by atoms with Crippen LogP contribution in [0.25, 0.3) is 28.2 Å². The molecule has 0 aliphatic heterocycles. The maximum absolute atomic E-state index is 11.5. The Hall–Kier alpha value is -3.46. The lowest BCUT2D eigenvalue weighted by molar-refractivity contribution is -0.113. The standard InChI is InChI=1S/C21H18N4O2/c1-13(26)16(8-22)6-18-11-25-21-19(18)7-17(10-24-21)15-4-5-20(23-9-15)27-12-14-2-3-14/h4-7,9-11,14H,2-3,12H2,1H3,(H,24,25)/b16-6+. The van der Waals surface area contributed by atoms with Crippen LogP contribution in [-0.4, -0.2) is 27.3 Å². The van der Waals surface area contributed by atoms with Crippen molar-refractivity contribution in [3.8, 4) is 23.1 Å². The highest BCUT2D eigenvalue weighted by Gasteiger charge is 2.22. The number of Topliss-reactive ketones (excluding diaryl/α,β-unsaturated/α-hetero) is 1. The van der Waals surface area contributed by atoms with Crippen molar-refractivity contribution >= 4 is 22.9 Å². The van der Waals surface area contributed by atoms with Crippen molar-refractivity contribution in [3.05, 3.63) is 47.9 Å². The quantitative estimate of drug-likeness (QED) is 0.533. The number of nitriles is 1. The minimum Gasteiger partial charge on any atom is -0.477 e. The van der Waals surface area contributed by atoms with E-state index in [0.29, 0.717) is 17.4 Å². The maximum atomic E-state index is 11.5. The summed E-state index contributed by atoms with van der Waals surface area (Å²) in [6.07, 6.45) is 9.35. The highest BCUT2D eigenvalue weighted by Crippen LogP contribution is 2.30. The minimum atomic E-state index is -0.262. The molecular weight excluding hydrogens is 340 g/mol. The van der Waals surface area contributed by atoms with Gasteiger partial charge < -0.3 is 9.72 Å². The Morgan fingerprint density at radius 2 is 2.15 bits per heavy atom. The number of hydrogen-bond donors (Lipinski definition) is 1. The molecule has 0 atom stereocenters. The third kappa shape index (κ3) is 3.72. The summed E-state index contributed by atoms with van der Waals surface area (Å²) >= 11 is 0. The summed E-state index contributed by atoms with van der Waals surface area (Å²) < 4.78 is 5.67. The fourth-order valence-electron chi connectivity index (χ4n) is 2.79. The van der Waals surface area contributed by atoms with Gasteiger partial charge in [0.05, 0.1) is 12.2 Å². The largest absolute Gasteiger partial charge is 0.477 e. The number of allylic oxidation sites excluding steroid dienone is 1. The molecule has 4 rings (SSSR count). The van der Waals surface area contributed by atoms with Crippen LogP contribution in [-0.2, 0) is 4.79 Å². The number of aromatic amines is 1. The normalized spacial score (nSPS) is 14.1. The lowest BCUT2D eigenvalue weighted by Gasteiger charge is -2.06. The molecule has 3 aromatic rings. The van der Waals surface area contributed by atoms with Crippen molar-refractivity contribution in [3.63, 3.8) is 0 Å². The molecule has 0 saturated heterocycles. The average molecular weight is 358 g/mol. The molecule has 1 aliphatic rings. The van der Waals surface area contributed by atoms with Crippen LogP contribution < -0.4 is 4.74 Å². The lowest BCUT2D eigenvalue weighted by Crippen LogP contribution is -2.00. The second-order valence-electron chi connectivity index (χ2n) is 6.73. The number of nitrogens with zero attached hydrogens (tertiary/aromatic N) is 3. The van der Waals surface area contributed by atoms with Crippen molar-refractivity contribution in [2.45, 2.75) is 19.8 Å². The van der Waals surface area contributed by atoms with Crippen LogP contribution in [0.2, 0.25) is 0 Å². The molecule has 0 spiro atoms. The number of rotatable bonds is 6. The summed E-state index contributed by atoms with van der Waals surface area (Å²) in [5.41, 5.74) is 3.39.